The average molecular weight is 365 g/mol. The molecule has 2 unspecified atom stereocenters. The number of hydrogen-bond donors (Lipinski definition) is 2. The third kappa shape index (κ3) is 3.82. The van der Waals surface area contributed by atoms with Crippen LogP contribution in [-0.2, 0) is 4.79 Å². The van der Waals surface area contributed by atoms with E-state index in [1.165, 1.54) is 5.69 Å². The number of nitrogens with zero attached hydrogens (tertiary/aromatic N) is 3. The lowest BCUT2D eigenvalue weighted by Gasteiger charge is -2.37. The monoisotopic (exact) mass is 365 g/mol. The molecular formula is C21H27N5O. The normalized spacial score (nSPS) is 22.9. The van der Waals surface area contributed by atoms with Crippen LogP contribution in [0.25, 0.3) is 0 Å². The van der Waals surface area contributed by atoms with Gasteiger partial charge >= 0.3 is 0 Å². The SMILES string of the molecule is Cc1cc(N2CCN(C(=O)C3CNNC3c3ccccc3)CC2)cc(C)n1. The van der Waals surface area contributed by atoms with Crippen LogP contribution in [0, 0.1) is 19.8 Å². The molecule has 6 heteroatoms. The van der Waals surface area contributed by atoms with E-state index >= 15 is 0 Å². The number of aryl methyl sites for hydroxylation is 2. The fraction of sp³-hybridized carbons (Fsp3) is 0.429. The molecule has 0 bridgehead atoms. The van der Waals surface area contributed by atoms with Crippen LogP contribution in [0.3, 0.4) is 0 Å². The summed E-state index contributed by atoms with van der Waals surface area (Å²) in [6.45, 7) is 7.96. The summed E-state index contributed by atoms with van der Waals surface area (Å²) >= 11 is 0. The van der Waals surface area contributed by atoms with Crippen molar-refractivity contribution in [2.45, 2.75) is 19.9 Å². The number of piperazine rings is 1. The summed E-state index contributed by atoms with van der Waals surface area (Å²) in [5, 5.41) is 0. The Morgan fingerprint density at radius 2 is 1.70 bits per heavy atom. The molecule has 1 aromatic carbocycles. The molecule has 1 amide bonds. The van der Waals surface area contributed by atoms with E-state index in [9.17, 15) is 4.79 Å². The van der Waals surface area contributed by atoms with E-state index in [4.69, 9.17) is 0 Å². The number of carbonyl (C=O) groups excluding carboxylic acids is 1. The van der Waals surface area contributed by atoms with Crippen LogP contribution in [0.4, 0.5) is 5.69 Å². The van der Waals surface area contributed by atoms with Gasteiger partial charge in [-0.1, -0.05) is 30.3 Å². The third-order valence-electron chi connectivity index (χ3n) is 5.48. The highest BCUT2D eigenvalue weighted by Crippen LogP contribution is 2.27. The Balaban J connectivity index is 1.41. The summed E-state index contributed by atoms with van der Waals surface area (Å²) in [5.41, 5.74) is 10.9. The first-order valence-electron chi connectivity index (χ1n) is 9.64. The van der Waals surface area contributed by atoms with E-state index in [1.807, 2.05) is 36.9 Å². The molecule has 0 aliphatic carbocycles. The van der Waals surface area contributed by atoms with Gasteiger partial charge in [0.2, 0.25) is 5.91 Å². The van der Waals surface area contributed by atoms with Crippen LogP contribution in [0.2, 0.25) is 0 Å². The van der Waals surface area contributed by atoms with Gasteiger partial charge in [0.15, 0.2) is 0 Å². The fourth-order valence-corrected chi connectivity index (χ4v) is 4.12. The molecule has 2 atom stereocenters. The molecule has 3 heterocycles. The highest BCUT2D eigenvalue weighted by Gasteiger charge is 2.37. The molecule has 27 heavy (non-hydrogen) atoms. The second-order valence-electron chi connectivity index (χ2n) is 7.44. The first-order chi connectivity index (χ1) is 13.1. The Labute approximate surface area is 160 Å². The summed E-state index contributed by atoms with van der Waals surface area (Å²) in [6.07, 6.45) is 0. The van der Waals surface area contributed by atoms with Gasteiger partial charge in [0.1, 0.15) is 0 Å². The lowest BCUT2D eigenvalue weighted by atomic mass is 9.93. The molecule has 1 aromatic heterocycles. The van der Waals surface area contributed by atoms with E-state index in [0.717, 1.165) is 43.1 Å². The Bertz CT molecular complexity index is 781. The molecule has 0 saturated carbocycles. The summed E-state index contributed by atoms with van der Waals surface area (Å²) < 4.78 is 0. The summed E-state index contributed by atoms with van der Waals surface area (Å²) in [4.78, 5) is 22.0. The molecule has 2 aliphatic heterocycles. The smallest absolute Gasteiger partial charge is 0.229 e. The van der Waals surface area contributed by atoms with Gasteiger partial charge in [0.05, 0.1) is 12.0 Å². The number of hydrogen-bond acceptors (Lipinski definition) is 5. The maximum absolute atomic E-state index is 13.2. The Kier molecular flexibility index (Phi) is 5.09. The van der Waals surface area contributed by atoms with Crippen LogP contribution in [0.15, 0.2) is 42.5 Å². The molecule has 0 spiro atoms. The predicted molar refractivity (Wildman–Crippen MR) is 106 cm³/mol. The molecule has 2 N–H and O–H groups in total. The highest BCUT2D eigenvalue weighted by molar-refractivity contribution is 5.80. The molecular weight excluding hydrogens is 338 g/mol. The molecule has 4 rings (SSSR count). The van der Waals surface area contributed by atoms with Crippen molar-refractivity contribution < 1.29 is 4.79 Å². The van der Waals surface area contributed by atoms with Gasteiger partial charge in [-0.25, -0.2) is 5.43 Å². The molecule has 6 nitrogen and oxygen atoms in total. The van der Waals surface area contributed by atoms with Gasteiger partial charge < -0.3 is 9.80 Å². The van der Waals surface area contributed by atoms with Crippen LogP contribution < -0.4 is 15.8 Å². The van der Waals surface area contributed by atoms with Crippen molar-refractivity contribution in [3.63, 3.8) is 0 Å². The van der Waals surface area contributed by atoms with Gasteiger partial charge in [-0.2, -0.15) is 0 Å². The Morgan fingerprint density at radius 3 is 2.37 bits per heavy atom. The van der Waals surface area contributed by atoms with Gasteiger partial charge in [-0.05, 0) is 31.5 Å². The first kappa shape index (κ1) is 17.9. The molecule has 2 aromatic rings. The number of pyridine rings is 1. The van der Waals surface area contributed by atoms with Crippen molar-refractivity contribution in [3.05, 3.63) is 59.4 Å². The minimum Gasteiger partial charge on any atom is -0.368 e. The average Bonchev–Trinajstić information content (AvgIpc) is 3.17. The zero-order valence-electron chi connectivity index (χ0n) is 16.0. The lowest BCUT2D eigenvalue weighted by molar-refractivity contribution is -0.135. The second-order valence-corrected chi connectivity index (χ2v) is 7.44. The number of hydrazine groups is 1. The summed E-state index contributed by atoms with van der Waals surface area (Å²) in [5.74, 6) is 0.174. The fourth-order valence-electron chi connectivity index (χ4n) is 4.12. The molecule has 0 radical (unpaired) electrons. The number of amides is 1. The maximum Gasteiger partial charge on any atom is 0.229 e. The topological polar surface area (TPSA) is 60.5 Å². The van der Waals surface area contributed by atoms with E-state index in [0.29, 0.717) is 6.54 Å². The van der Waals surface area contributed by atoms with E-state index in [-0.39, 0.29) is 17.9 Å². The van der Waals surface area contributed by atoms with Crippen LogP contribution in [0.5, 0.6) is 0 Å². The summed E-state index contributed by atoms with van der Waals surface area (Å²) in [7, 11) is 0. The Morgan fingerprint density at radius 1 is 1.04 bits per heavy atom. The van der Waals surface area contributed by atoms with Gasteiger partial charge in [-0.15, -0.1) is 0 Å². The number of carbonyl (C=O) groups is 1. The minimum absolute atomic E-state index is 0.0298. The van der Waals surface area contributed by atoms with Crippen molar-refractivity contribution in [1.82, 2.24) is 20.7 Å². The summed E-state index contributed by atoms with van der Waals surface area (Å²) in [6, 6.07) is 14.5. The van der Waals surface area contributed by atoms with E-state index < -0.39 is 0 Å². The van der Waals surface area contributed by atoms with Gasteiger partial charge in [0, 0.05) is 49.8 Å². The third-order valence-corrected chi connectivity index (χ3v) is 5.48. The predicted octanol–water partition coefficient (Wildman–Crippen LogP) is 1.81. The number of benzene rings is 1. The number of rotatable bonds is 3. The minimum atomic E-state index is -0.0654. The largest absolute Gasteiger partial charge is 0.368 e. The zero-order valence-corrected chi connectivity index (χ0v) is 16.0. The van der Waals surface area contributed by atoms with Crippen LogP contribution >= 0.6 is 0 Å². The zero-order chi connectivity index (χ0) is 18.8. The molecule has 2 saturated heterocycles. The lowest BCUT2D eigenvalue weighted by Crippen LogP contribution is -2.51. The Hall–Kier alpha value is -2.44. The van der Waals surface area contributed by atoms with Crippen molar-refractivity contribution in [3.8, 4) is 0 Å². The van der Waals surface area contributed by atoms with Crippen molar-refractivity contribution in [2.75, 3.05) is 37.6 Å². The van der Waals surface area contributed by atoms with Crippen molar-refractivity contribution >= 4 is 11.6 Å². The van der Waals surface area contributed by atoms with Crippen molar-refractivity contribution in [1.29, 1.82) is 0 Å². The first-order valence-corrected chi connectivity index (χ1v) is 9.64. The standard InChI is InChI=1S/C21H27N5O/c1-15-12-18(13-16(2)23-15)25-8-10-26(11-9-25)21(27)19-14-22-24-20(19)17-6-4-3-5-7-17/h3-7,12-13,19-20,22,24H,8-11,14H2,1-2H3. The number of aromatic nitrogens is 1. The maximum atomic E-state index is 13.2. The second kappa shape index (κ2) is 7.66. The van der Waals surface area contributed by atoms with E-state index in [2.05, 4.69) is 45.0 Å². The molecule has 2 fully saturated rings. The quantitative estimate of drug-likeness (QED) is 0.869. The van der Waals surface area contributed by atoms with E-state index in [1.54, 1.807) is 0 Å². The number of nitrogens with one attached hydrogen (secondary N) is 2. The van der Waals surface area contributed by atoms with Crippen molar-refractivity contribution in [2.24, 2.45) is 5.92 Å². The number of anilines is 1. The van der Waals surface area contributed by atoms with Gasteiger partial charge in [-0.3, -0.25) is 15.2 Å². The van der Waals surface area contributed by atoms with Crippen LogP contribution in [-0.4, -0.2) is 48.5 Å². The molecule has 142 valence electrons. The van der Waals surface area contributed by atoms with Crippen LogP contribution in [0.1, 0.15) is 23.0 Å². The highest BCUT2D eigenvalue weighted by atomic mass is 16.2. The molecule has 2 aliphatic rings. The van der Waals surface area contributed by atoms with Gasteiger partial charge in [0.25, 0.3) is 0 Å².